The van der Waals surface area contributed by atoms with Gasteiger partial charge >= 0.3 is 0 Å². The smallest absolute Gasteiger partial charge is 0.141 e. The van der Waals surface area contributed by atoms with Crippen molar-refractivity contribution in [3.8, 4) is 89.0 Å². The number of hydrogen-bond donors (Lipinski definition) is 0. The van der Waals surface area contributed by atoms with E-state index in [1.54, 1.807) is 0 Å². The van der Waals surface area contributed by atoms with Crippen molar-refractivity contribution < 1.29 is 0 Å². The standard InChI is InChI=1S/2C33H22N2.2C32H21N3/c1-2-8-23-19(5-1)15-28-24(23)11-10-20-16-26-25(32(20)28)12-13-30-27(26)17-21-6-3-7-22-18-29-31(9-4-14-34-29)35(30)33(21)22;1-2-7-24-19(4-1)15-29-25(24)9-8-20-16-27-26(32(20)29)10-11-31-28(27)17-22-6-3-5-21-14-23-18-34-13-12-30(23)35(31)33(21)22;1-2-6-21-18(4-1)15-25-22(21)7-8-23-24-9-10-30-28(27(24)16-26(23)25)17-29-31-19(11-13-33-29)14-20-5-3-12-34-32(20)35(30)31;1-2-4-21-18(3-1)14-25-22(21)5-6-23-24-7-8-30-28(27(24)15-26(23)25)16-29-32-20(10-12-34-29)13-19-9-11-33-17-31(19)35(30)32/h1-14H,15-18H2;1-13,18H,14-17H2;1-13H,14-17H2;1-12,17H,13-16H2. The van der Waals surface area contributed by atoms with Crippen LogP contribution in [0, 0.1) is 0 Å². The Morgan fingerprint density at radius 1 is 0.150 bits per heavy atom. The van der Waals surface area contributed by atoms with Gasteiger partial charge in [-0.2, -0.15) is 0 Å². The van der Waals surface area contributed by atoms with E-state index in [4.69, 9.17) is 19.9 Å². The lowest BCUT2D eigenvalue weighted by Crippen LogP contribution is -2.26. The average Bonchev–Trinajstić information content (AvgIpc) is 1.58. The van der Waals surface area contributed by atoms with Crippen LogP contribution in [0.25, 0.3) is 89.0 Å². The van der Waals surface area contributed by atoms with Gasteiger partial charge < -0.3 is 14.7 Å². The van der Waals surface area contributed by atoms with Crippen molar-refractivity contribution in [1.29, 1.82) is 0 Å². The molecule has 0 radical (unpaired) electrons. The maximum atomic E-state index is 4.88. The second-order valence-corrected chi connectivity index (χ2v) is 41.0. The second kappa shape index (κ2) is 28.4. The highest BCUT2D eigenvalue weighted by Gasteiger charge is 2.44. The van der Waals surface area contributed by atoms with Gasteiger partial charge in [0, 0.05) is 94.7 Å². The first kappa shape index (κ1) is 76.4. The van der Waals surface area contributed by atoms with Gasteiger partial charge in [0.15, 0.2) is 0 Å². The van der Waals surface area contributed by atoms with E-state index in [-0.39, 0.29) is 0 Å². The lowest BCUT2D eigenvalue weighted by molar-refractivity contribution is 0.932. The summed E-state index contributed by atoms with van der Waals surface area (Å²) >= 11 is 0. The highest BCUT2D eigenvalue weighted by Crippen LogP contribution is 2.62. The van der Waals surface area contributed by atoms with Gasteiger partial charge in [-0.3, -0.25) is 29.8 Å². The van der Waals surface area contributed by atoms with Crippen molar-refractivity contribution in [3.05, 3.63) is 507 Å². The molecule has 0 unspecified atom stereocenters. The summed E-state index contributed by atoms with van der Waals surface area (Å²) in [5.41, 5.74) is 82.8. The molecule has 36 rings (SSSR count). The summed E-state index contributed by atoms with van der Waals surface area (Å²) in [6.07, 6.45) is 31.5. The van der Waals surface area contributed by atoms with Gasteiger partial charge in [-0.05, 0) is 368 Å². The Morgan fingerprint density at radius 2 is 0.493 bits per heavy atom. The highest BCUT2D eigenvalue weighted by molar-refractivity contribution is 6.02. The molecule has 8 aliphatic heterocycles. The Morgan fingerprint density at radius 3 is 1.05 bits per heavy atom. The van der Waals surface area contributed by atoms with Crippen LogP contribution in [0.5, 0.6) is 0 Å². The first-order valence-electron chi connectivity index (χ1n) is 50.0. The lowest BCUT2D eigenvalue weighted by atomic mass is 9.84. The summed E-state index contributed by atoms with van der Waals surface area (Å²) in [4.78, 5) is 38.2. The highest BCUT2D eigenvalue weighted by atomic mass is 15.2. The number of anilines is 12. The lowest BCUT2D eigenvalue weighted by Gasteiger charge is -2.39. The number of nitrogens with zero attached hydrogens (tertiary/aromatic N) is 10. The fourth-order valence-corrected chi connectivity index (χ4v) is 28.5. The van der Waals surface area contributed by atoms with Crippen LogP contribution in [0.2, 0.25) is 0 Å². The number of aromatic nitrogens is 6. The molecule has 10 heteroatoms. The molecule has 10 nitrogen and oxygen atoms in total. The Bertz CT molecular complexity index is 8620. The van der Waals surface area contributed by atoms with E-state index >= 15 is 0 Å². The summed E-state index contributed by atoms with van der Waals surface area (Å²) in [7, 11) is 0. The number of para-hydroxylation sites is 2. The van der Waals surface area contributed by atoms with Crippen molar-refractivity contribution in [3.63, 3.8) is 0 Å². The zero-order valence-electron chi connectivity index (χ0n) is 77.0. The van der Waals surface area contributed by atoms with Crippen LogP contribution in [0.4, 0.5) is 68.4 Å². The van der Waals surface area contributed by atoms with E-state index in [1.165, 1.54) is 330 Å². The first-order valence-corrected chi connectivity index (χ1v) is 50.0. The number of pyridine rings is 6. The van der Waals surface area contributed by atoms with Crippen LogP contribution in [-0.2, 0) is 103 Å². The molecule has 656 valence electrons. The number of fused-ring (bicyclic) bond motifs is 48. The third-order valence-corrected chi connectivity index (χ3v) is 34.3. The Labute approximate surface area is 811 Å². The molecule has 0 fully saturated rings. The number of benzene rings is 14. The van der Waals surface area contributed by atoms with Crippen LogP contribution >= 0.6 is 0 Å². The molecule has 0 atom stereocenters. The molecule has 0 N–H and O–H groups in total. The summed E-state index contributed by atoms with van der Waals surface area (Å²) in [6, 6.07) is 105. The van der Waals surface area contributed by atoms with Crippen LogP contribution < -0.4 is 19.6 Å². The molecule has 140 heavy (non-hydrogen) atoms. The third kappa shape index (κ3) is 10.6. The fraction of sp³-hybridized carbons (Fsp3) is 0.123. The van der Waals surface area contributed by atoms with Crippen molar-refractivity contribution in [2.45, 2.75) is 103 Å². The van der Waals surface area contributed by atoms with Gasteiger partial charge in [-0.25, -0.2) is 4.98 Å². The molecule has 20 aromatic rings. The molecule has 0 bridgehead atoms. The van der Waals surface area contributed by atoms with Gasteiger partial charge in [-0.15, -0.1) is 0 Å². The van der Waals surface area contributed by atoms with Crippen molar-refractivity contribution in [2.75, 3.05) is 19.6 Å². The van der Waals surface area contributed by atoms with E-state index in [0.717, 1.165) is 109 Å². The monoisotopic (exact) mass is 1790 g/mol. The van der Waals surface area contributed by atoms with E-state index in [1.807, 2.05) is 49.6 Å². The Hall–Kier alpha value is -16.8. The minimum Gasteiger partial charge on any atom is -0.309 e. The van der Waals surface area contributed by atoms with Crippen LogP contribution in [0.15, 0.2) is 329 Å². The van der Waals surface area contributed by atoms with Crippen LogP contribution in [0.3, 0.4) is 0 Å². The average molecular weight is 1790 g/mol. The normalized spacial score (nSPS) is 14.9. The van der Waals surface area contributed by atoms with Crippen molar-refractivity contribution in [1.82, 2.24) is 29.9 Å². The van der Waals surface area contributed by atoms with Gasteiger partial charge in [0.25, 0.3) is 0 Å². The maximum absolute atomic E-state index is 4.88. The molecule has 6 aromatic heterocycles. The van der Waals surface area contributed by atoms with Gasteiger partial charge in [0.05, 0.1) is 85.8 Å². The molecular weight excluding hydrogens is 1700 g/mol. The first-order chi connectivity index (χ1) is 69.4. The van der Waals surface area contributed by atoms with Crippen molar-refractivity contribution >= 4 is 68.4 Å². The molecule has 14 heterocycles. The Kier molecular flexibility index (Phi) is 15.5. The maximum Gasteiger partial charge on any atom is 0.141 e. The molecule has 0 saturated carbocycles. The minimum atomic E-state index is 0.886. The fourth-order valence-electron chi connectivity index (χ4n) is 28.5. The predicted molar refractivity (Wildman–Crippen MR) is 560 cm³/mol. The third-order valence-electron chi connectivity index (χ3n) is 34.3. The van der Waals surface area contributed by atoms with E-state index in [0.29, 0.717) is 0 Å². The number of hydrogen-bond acceptors (Lipinski definition) is 10. The zero-order valence-corrected chi connectivity index (χ0v) is 77.0. The largest absolute Gasteiger partial charge is 0.309 e. The van der Waals surface area contributed by atoms with Crippen LogP contribution in [0.1, 0.15) is 178 Å². The Balaban J connectivity index is 0.0000000829. The zero-order chi connectivity index (χ0) is 90.7. The molecule has 0 amide bonds. The predicted octanol–water partition coefficient (Wildman–Crippen LogP) is 28.8. The summed E-state index contributed by atoms with van der Waals surface area (Å²) in [6.45, 7) is 0. The summed E-state index contributed by atoms with van der Waals surface area (Å²) in [5.74, 6) is 1.06. The molecular formula is C130H86N10. The molecule has 0 spiro atoms. The molecule has 14 aromatic carbocycles. The molecule has 0 saturated heterocycles. The summed E-state index contributed by atoms with van der Waals surface area (Å²) in [5, 5.41) is 0. The quantitative estimate of drug-likeness (QED) is 0.146. The number of rotatable bonds is 0. The van der Waals surface area contributed by atoms with E-state index in [2.05, 4.69) is 309 Å². The molecule has 16 aliphatic rings. The van der Waals surface area contributed by atoms with E-state index in [9.17, 15) is 0 Å². The van der Waals surface area contributed by atoms with Crippen LogP contribution in [-0.4, -0.2) is 29.9 Å². The SMILES string of the molecule is c1ccc2c(c1)Cc1c-2ccc2c1-c1ccc3c(c1C2)Cc1cccc2c1N3c1cccnc1C2.c1ccc2c(c1)Cc1c-2ccc2c1-c1ccc3c(c1C2)Cc1cccc2c1N3c1ccncc1C2.c1ccc2c(c1)Cc1c-2ccc2c1Cc1c-2ccc2c1Cc1nccc3c1N2c1cnccc1C3.c1ccc2c(c1)Cc1c-2ccc2c1Cc1c-2ccc2c1Cc1nccc3c1N2c1ncccc1C3. The van der Waals surface area contributed by atoms with E-state index < -0.39 is 0 Å². The van der Waals surface area contributed by atoms with Crippen molar-refractivity contribution in [2.24, 2.45) is 0 Å². The second-order valence-electron chi connectivity index (χ2n) is 41.0. The topological polar surface area (TPSA) is 90.3 Å². The minimum absolute atomic E-state index is 0.886. The van der Waals surface area contributed by atoms with Gasteiger partial charge in [0.2, 0.25) is 0 Å². The molecule has 8 aliphatic carbocycles. The summed E-state index contributed by atoms with van der Waals surface area (Å²) < 4.78 is 0. The van der Waals surface area contributed by atoms with Gasteiger partial charge in [0.1, 0.15) is 5.82 Å². The van der Waals surface area contributed by atoms with Gasteiger partial charge in [-0.1, -0.05) is 212 Å².